The largest absolute Gasteiger partial charge is 0.383 e. The third kappa shape index (κ3) is 3.12. The van der Waals surface area contributed by atoms with E-state index in [1.807, 2.05) is 18.2 Å². The van der Waals surface area contributed by atoms with Crippen LogP contribution in [0.2, 0.25) is 0 Å². The Kier molecular flexibility index (Phi) is 4.05. The highest BCUT2D eigenvalue weighted by Gasteiger charge is 2.07. The Morgan fingerprint density at radius 1 is 1.11 bits per heavy atom. The predicted octanol–water partition coefficient (Wildman–Crippen LogP) is 2.01. The number of nitrogen functional groups attached to an aromatic ring is 2. The highest BCUT2D eigenvalue weighted by Crippen LogP contribution is 2.30. The molecule has 0 atom stereocenters. The van der Waals surface area contributed by atoms with Crippen LogP contribution in [0.15, 0.2) is 38.8 Å². The minimum atomic E-state index is 0.358. The summed E-state index contributed by atoms with van der Waals surface area (Å²) in [7, 11) is 0. The first kappa shape index (κ1) is 13.1. The Morgan fingerprint density at radius 2 is 1.78 bits per heavy atom. The van der Waals surface area contributed by atoms with Crippen LogP contribution in [-0.4, -0.2) is 9.97 Å². The second-order valence-electron chi connectivity index (χ2n) is 3.56. The molecule has 5 nitrogen and oxygen atoms in total. The van der Waals surface area contributed by atoms with E-state index in [2.05, 4.69) is 25.9 Å². The molecule has 0 aliphatic rings. The van der Waals surface area contributed by atoms with Gasteiger partial charge in [-0.25, -0.2) is 9.97 Å². The molecule has 0 spiro atoms. The summed E-state index contributed by atoms with van der Waals surface area (Å²) in [5.74, 6) is 0.716. The summed E-state index contributed by atoms with van der Waals surface area (Å²) >= 11 is 4.80. The number of rotatable bonds is 3. The lowest BCUT2D eigenvalue weighted by Gasteiger charge is -2.07. The first-order valence-corrected chi connectivity index (χ1v) is 6.76. The maximum atomic E-state index is 5.71. The normalized spacial score (nSPS) is 10.6. The van der Waals surface area contributed by atoms with Crippen molar-refractivity contribution in [1.29, 1.82) is 0 Å². The smallest absolute Gasteiger partial charge is 0.196 e. The van der Waals surface area contributed by atoms with E-state index in [9.17, 15) is 0 Å². The fourth-order valence-electron chi connectivity index (χ4n) is 1.41. The summed E-state index contributed by atoms with van der Waals surface area (Å²) in [6.45, 7) is 0.444. The third-order valence-electron chi connectivity index (χ3n) is 2.19. The summed E-state index contributed by atoms with van der Waals surface area (Å²) in [6.07, 6.45) is 0. The maximum Gasteiger partial charge on any atom is 0.196 e. The van der Waals surface area contributed by atoms with Gasteiger partial charge in [0.15, 0.2) is 5.16 Å². The molecule has 0 fully saturated rings. The van der Waals surface area contributed by atoms with Gasteiger partial charge in [0.25, 0.3) is 0 Å². The van der Waals surface area contributed by atoms with Gasteiger partial charge in [-0.05, 0) is 35.5 Å². The summed E-state index contributed by atoms with van der Waals surface area (Å²) < 4.78 is 0.986. The number of aromatic nitrogens is 2. The molecule has 6 N–H and O–H groups in total. The van der Waals surface area contributed by atoms with E-state index in [1.54, 1.807) is 0 Å². The highest BCUT2D eigenvalue weighted by molar-refractivity contribution is 9.10. The fourth-order valence-corrected chi connectivity index (χ4v) is 2.73. The van der Waals surface area contributed by atoms with Gasteiger partial charge in [-0.3, -0.25) is 0 Å². The molecule has 0 unspecified atom stereocenters. The molecule has 7 heteroatoms. The lowest BCUT2D eigenvalue weighted by molar-refractivity contribution is 0.974. The topological polar surface area (TPSA) is 104 Å². The lowest BCUT2D eigenvalue weighted by Crippen LogP contribution is -2.01. The van der Waals surface area contributed by atoms with Crippen molar-refractivity contribution in [3.8, 4) is 0 Å². The van der Waals surface area contributed by atoms with Crippen LogP contribution >= 0.6 is 27.7 Å². The van der Waals surface area contributed by atoms with E-state index in [0.29, 0.717) is 23.3 Å². The van der Waals surface area contributed by atoms with Gasteiger partial charge < -0.3 is 17.2 Å². The number of hydrogen-bond donors (Lipinski definition) is 3. The quantitative estimate of drug-likeness (QED) is 0.746. The van der Waals surface area contributed by atoms with Gasteiger partial charge in [-0.2, -0.15) is 0 Å². The van der Waals surface area contributed by atoms with Gasteiger partial charge in [0.05, 0.1) is 0 Å². The van der Waals surface area contributed by atoms with E-state index in [4.69, 9.17) is 17.2 Å². The van der Waals surface area contributed by atoms with Gasteiger partial charge in [-0.15, -0.1) is 0 Å². The molecule has 0 saturated carbocycles. The van der Waals surface area contributed by atoms with Crippen molar-refractivity contribution in [1.82, 2.24) is 9.97 Å². The predicted molar refractivity (Wildman–Crippen MR) is 77.0 cm³/mol. The average molecular weight is 326 g/mol. The van der Waals surface area contributed by atoms with Crippen LogP contribution in [0.4, 0.5) is 11.6 Å². The maximum absolute atomic E-state index is 5.71. The zero-order valence-corrected chi connectivity index (χ0v) is 11.8. The molecule has 18 heavy (non-hydrogen) atoms. The molecule has 2 aromatic rings. The van der Waals surface area contributed by atoms with E-state index >= 15 is 0 Å². The van der Waals surface area contributed by atoms with Crippen LogP contribution in [0.1, 0.15) is 5.56 Å². The van der Waals surface area contributed by atoms with Gasteiger partial charge in [-0.1, -0.05) is 15.9 Å². The number of hydrogen-bond acceptors (Lipinski definition) is 6. The molecule has 0 bridgehead atoms. The van der Waals surface area contributed by atoms with Gasteiger partial charge in [0, 0.05) is 22.0 Å². The Balaban J connectivity index is 2.33. The van der Waals surface area contributed by atoms with Crippen molar-refractivity contribution in [2.75, 3.05) is 11.5 Å². The Bertz CT molecular complexity index is 555. The number of benzene rings is 1. The Labute approximate surface area is 117 Å². The molecule has 1 aromatic carbocycles. The van der Waals surface area contributed by atoms with Crippen molar-refractivity contribution < 1.29 is 0 Å². The minimum Gasteiger partial charge on any atom is -0.383 e. The standard InChI is InChI=1S/C11H12BrN5S/c12-7-1-2-8(6(3-7)5-13)18-11-16-9(14)4-10(15)17-11/h1-4H,5,13H2,(H4,14,15,16,17). The molecule has 0 aliphatic carbocycles. The average Bonchev–Trinajstić information content (AvgIpc) is 2.30. The summed E-state index contributed by atoms with van der Waals surface area (Å²) in [4.78, 5) is 9.24. The van der Waals surface area contributed by atoms with Crippen molar-refractivity contribution in [3.05, 3.63) is 34.3 Å². The molecular weight excluding hydrogens is 314 g/mol. The van der Waals surface area contributed by atoms with Crippen molar-refractivity contribution >= 4 is 39.3 Å². The highest BCUT2D eigenvalue weighted by atomic mass is 79.9. The monoisotopic (exact) mass is 325 g/mol. The number of nitrogens with zero attached hydrogens (tertiary/aromatic N) is 2. The Hall–Kier alpha value is -1.31. The molecule has 1 heterocycles. The molecule has 0 radical (unpaired) electrons. The van der Waals surface area contributed by atoms with Crippen LogP contribution in [0.25, 0.3) is 0 Å². The van der Waals surface area contributed by atoms with E-state index in [-0.39, 0.29) is 0 Å². The van der Waals surface area contributed by atoms with Gasteiger partial charge in [0.2, 0.25) is 0 Å². The molecular formula is C11H12BrN5S. The van der Waals surface area contributed by atoms with Crippen LogP contribution in [-0.2, 0) is 6.54 Å². The number of nitrogens with two attached hydrogens (primary N) is 3. The van der Waals surface area contributed by atoms with Crippen LogP contribution in [0, 0.1) is 0 Å². The van der Waals surface area contributed by atoms with Crippen LogP contribution in [0.5, 0.6) is 0 Å². The van der Waals surface area contributed by atoms with Crippen molar-refractivity contribution in [2.24, 2.45) is 5.73 Å². The van der Waals surface area contributed by atoms with E-state index in [1.165, 1.54) is 17.8 Å². The zero-order valence-electron chi connectivity index (χ0n) is 9.43. The summed E-state index contributed by atoms with van der Waals surface area (Å²) in [5, 5.41) is 0.518. The fraction of sp³-hybridized carbons (Fsp3) is 0.0909. The van der Waals surface area contributed by atoms with Gasteiger partial charge in [0.1, 0.15) is 11.6 Å². The second kappa shape index (κ2) is 5.55. The molecule has 0 amide bonds. The van der Waals surface area contributed by atoms with Crippen molar-refractivity contribution in [2.45, 2.75) is 16.6 Å². The second-order valence-corrected chi connectivity index (χ2v) is 5.48. The molecule has 94 valence electrons. The summed E-state index contributed by atoms with van der Waals surface area (Å²) in [6, 6.07) is 7.39. The van der Waals surface area contributed by atoms with Crippen LogP contribution < -0.4 is 17.2 Å². The molecule has 0 saturated heterocycles. The molecule has 0 aliphatic heterocycles. The van der Waals surface area contributed by atoms with Gasteiger partial charge >= 0.3 is 0 Å². The first-order chi connectivity index (χ1) is 8.58. The number of anilines is 2. The summed E-state index contributed by atoms with van der Waals surface area (Å²) in [5.41, 5.74) is 18.0. The van der Waals surface area contributed by atoms with Crippen molar-refractivity contribution in [3.63, 3.8) is 0 Å². The molecule has 2 rings (SSSR count). The Morgan fingerprint density at radius 3 is 2.39 bits per heavy atom. The number of halogens is 1. The third-order valence-corrected chi connectivity index (χ3v) is 3.67. The zero-order chi connectivity index (χ0) is 13.1. The minimum absolute atomic E-state index is 0.358. The molecule has 1 aromatic heterocycles. The first-order valence-electron chi connectivity index (χ1n) is 5.15. The van der Waals surface area contributed by atoms with E-state index < -0.39 is 0 Å². The van der Waals surface area contributed by atoms with E-state index in [0.717, 1.165) is 14.9 Å². The lowest BCUT2D eigenvalue weighted by atomic mass is 10.2. The van der Waals surface area contributed by atoms with Crippen LogP contribution in [0.3, 0.4) is 0 Å². The SMILES string of the molecule is NCc1cc(Br)ccc1Sc1nc(N)cc(N)n1.